The number of aryl methyl sites for hydroxylation is 1. The summed E-state index contributed by atoms with van der Waals surface area (Å²) >= 11 is 1.73. The van der Waals surface area contributed by atoms with Gasteiger partial charge in [-0.05, 0) is 25.0 Å². The number of carbonyl (C=O) groups is 2. The van der Waals surface area contributed by atoms with Gasteiger partial charge in [-0.15, -0.1) is 11.8 Å². The van der Waals surface area contributed by atoms with Gasteiger partial charge in [-0.2, -0.15) is 0 Å². The third kappa shape index (κ3) is 5.57. The fraction of sp³-hybridized carbons (Fsp3) is 0.556. The van der Waals surface area contributed by atoms with Gasteiger partial charge in [-0.25, -0.2) is 0 Å². The van der Waals surface area contributed by atoms with Crippen molar-refractivity contribution in [1.29, 1.82) is 0 Å². The maximum absolute atomic E-state index is 12.2. The Bertz CT molecular complexity index is 542. The molecule has 1 aromatic rings. The number of amides is 2. The zero-order valence-electron chi connectivity index (χ0n) is 14.2. The van der Waals surface area contributed by atoms with E-state index in [-0.39, 0.29) is 17.7 Å². The summed E-state index contributed by atoms with van der Waals surface area (Å²) in [6, 6.07) is 8.38. The maximum atomic E-state index is 12.2. The number of nitrogens with zero attached hydrogens (tertiary/aromatic N) is 1. The quantitative estimate of drug-likeness (QED) is 0.616. The SMILES string of the molecule is Cc1ccc(SCCNC(=O)C2CC(=O)N(CC(C)C)C2)cc1. The molecule has 2 rings (SSSR count). The number of hydrogen-bond donors (Lipinski definition) is 1. The molecule has 126 valence electrons. The van der Waals surface area contributed by atoms with Crippen LogP contribution in [-0.4, -0.2) is 42.1 Å². The monoisotopic (exact) mass is 334 g/mol. The van der Waals surface area contributed by atoms with Gasteiger partial charge in [0, 0.05) is 36.7 Å². The molecule has 1 N–H and O–H groups in total. The molecular weight excluding hydrogens is 308 g/mol. The van der Waals surface area contributed by atoms with Crippen LogP contribution in [0.3, 0.4) is 0 Å². The number of thioether (sulfide) groups is 1. The zero-order valence-corrected chi connectivity index (χ0v) is 15.0. The van der Waals surface area contributed by atoms with Crippen LogP contribution in [0.4, 0.5) is 0 Å². The third-order valence-electron chi connectivity index (χ3n) is 3.86. The van der Waals surface area contributed by atoms with Crippen LogP contribution in [-0.2, 0) is 9.59 Å². The molecule has 0 bridgehead atoms. The molecule has 2 amide bonds. The minimum atomic E-state index is -0.189. The van der Waals surface area contributed by atoms with Gasteiger partial charge in [0.1, 0.15) is 0 Å². The standard InChI is InChI=1S/C18H26N2O2S/c1-13(2)11-20-12-15(10-17(20)21)18(22)19-8-9-23-16-6-4-14(3)5-7-16/h4-7,13,15H,8-12H2,1-3H3,(H,19,22). The highest BCUT2D eigenvalue weighted by molar-refractivity contribution is 7.99. The van der Waals surface area contributed by atoms with E-state index in [9.17, 15) is 9.59 Å². The molecule has 0 saturated carbocycles. The molecule has 1 saturated heterocycles. The van der Waals surface area contributed by atoms with E-state index in [0.717, 1.165) is 12.3 Å². The predicted molar refractivity (Wildman–Crippen MR) is 94.4 cm³/mol. The second kappa shape index (κ2) is 8.39. The van der Waals surface area contributed by atoms with Crippen molar-refractivity contribution >= 4 is 23.6 Å². The van der Waals surface area contributed by atoms with Crippen LogP contribution in [0.15, 0.2) is 29.2 Å². The molecule has 0 radical (unpaired) electrons. The van der Waals surface area contributed by atoms with Gasteiger partial charge in [-0.3, -0.25) is 9.59 Å². The molecule has 23 heavy (non-hydrogen) atoms. The fourth-order valence-electron chi connectivity index (χ4n) is 2.69. The first kappa shape index (κ1) is 17.9. The third-order valence-corrected chi connectivity index (χ3v) is 4.88. The number of likely N-dealkylation sites (tertiary alicyclic amines) is 1. The lowest BCUT2D eigenvalue weighted by Gasteiger charge is -2.18. The summed E-state index contributed by atoms with van der Waals surface area (Å²) in [7, 11) is 0. The largest absolute Gasteiger partial charge is 0.355 e. The van der Waals surface area contributed by atoms with Crippen molar-refractivity contribution in [3.63, 3.8) is 0 Å². The lowest BCUT2D eigenvalue weighted by molar-refractivity contribution is -0.129. The molecule has 5 heteroatoms. The normalized spacial score (nSPS) is 17.8. The smallest absolute Gasteiger partial charge is 0.225 e. The summed E-state index contributed by atoms with van der Waals surface area (Å²) < 4.78 is 0. The van der Waals surface area contributed by atoms with Crippen molar-refractivity contribution in [2.45, 2.75) is 32.1 Å². The first-order valence-corrected chi connectivity index (χ1v) is 9.19. The van der Waals surface area contributed by atoms with E-state index in [1.54, 1.807) is 11.8 Å². The number of carbonyl (C=O) groups excluding carboxylic acids is 2. The highest BCUT2D eigenvalue weighted by Gasteiger charge is 2.34. The average molecular weight is 334 g/mol. The van der Waals surface area contributed by atoms with E-state index in [1.165, 1.54) is 10.5 Å². The molecule has 1 atom stereocenters. The van der Waals surface area contributed by atoms with Gasteiger partial charge in [0.25, 0.3) is 0 Å². The second-order valence-corrected chi connectivity index (χ2v) is 7.71. The summed E-state index contributed by atoms with van der Waals surface area (Å²) in [4.78, 5) is 27.1. The lowest BCUT2D eigenvalue weighted by atomic mass is 10.1. The summed E-state index contributed by atoms with van der Waals surface area (Å²) in [6.07, 6.45) is 0.351. The number of hydrogen-bond acceptors (Lipinski definition) is 3. The van der Waals surface area contributed by atoms with Crippen LogP contribution in [0.5, 0.6) is 0 Å². The van der Waals surface area contributed by atoms with E-state index < -0.39 is 0 Å². The topological polar surface area (TPSA) is 49.4 Å². The Morgan fingerprint density at radius 1 is 1.35 bits per heavy atom. The van der Waals surface area contributed by atoms with Gasteiger partial charge < -0.3 is 10.2 Å². The Hall–Kier alpha value is -1.49. The van der Waals surface area contributed by atoms with Crippen LogP contribution < -0.4 is 5.32 Å². The maximum Gasteiger partial charge on any atom is 0.225 e. The molecule has 1 heterocycles. The van der Waals surface area contributed by atoms with E-state index in [1.807, 2.05) is 4.90 Å². The Kier molecular flexibility index (Phi) is 6.51. The Balaban J connectivity index is 1.69. The Morgan fingerprint density at radius 3 is 2.70 bits per heavy atom. The molecule has 0 aromatic heterocycles. The molecular formula is C18H26N2O2S. The number of benzene rings is 1. The average Bonchev–Trinajstić information content (AvgIpc) is 2.86. The van der Waals surface area contributed by atoms with E-state index in [0.29, 0.717) is 25.4 Å². The van der Waals surface area contributed by atoms with Crippen molar-refractivity contribution < 1.29 is 9.59 Å². The fourth-order valence-corrected chi connectivity index (χ4v) is 3.46. The van der Waals surface area contributed by atoms with Gasteiger partial charge >= 0.3 is 0 Å². The molecule has 1 aliphatic rings. The first-order chi connectivity index (χ1) is 11.0. The van der Waals surface area contributed by atoms with Gasteiger partial charge in [0.15, 0.2) is 0 Å². The van der Waals surface area contributed by atoms with Gasteiger partial charge in [0.2, 0.25) is 11.8 Å². The van der Waals surface area contributed by atoms with Crippen molar-refractivity contribution in [1.82, 2.24) is 10.2 Å². The number of rotatable bonds is 7. The summed E-state index contributed by atoms with van der Waals surface area (Å²) in [6.45, 7) is 8.18. The summed E-state index contributed by atoms with van der Waals surface area (Å²) in [5.74, 6) is 1.20. The minimum Gasteiger partial charge on any atom is -0.355 e. The Morgan fingerprint density at radius 2 is 2.04 bits per heavy atom. The van der Waals surface area contributed by atoms with Crippen molar-refractivity contribution in [3.8, 4) is 0 Å². The van der Waals surface area contributed by atoms with Crippen LogP contribution in [0.1, 0.15) is 25.8 Å². The second-order valence-electron chi connectivity index (χ2n) is 6.55. The van der Waals surface area contributed by atoms with Crippen LogP contribution >= 0.6 is 11.8 Å². The predicted octanol–water partition coefficient (Wildman–Crippen LogP) is 2.71. The summed E-state index contributed by atoms with van der Waals surface area (Å²) in [5, 5.41) is 2.96. The molecule has 1 unspecified atom stereocenters. The van der Waals surface area contributed by atoms with Gasteiger partial charge in [0.05, 0.1) is 5.92 Å². The molecule has 4 nitrogen and oxygen atoms in total. The van der Waals surface area contributed by atoms with Crippen LogP contribution in [0.25, 0.3) is 0 Å². The van der Waals surface area contributed by atoms with Crippen LogP contribution in [0, 0.1) is 18.8 Å². The minimum absolute atomic E-state index is 0.00844. The lowest BCUT2D eigenvalue weighted by Crippen LogP contribution is -2.35. The highest BCUT2D eigenvalue weighted by atomic mass is 32.2. The van der Waals surface area contributed by atoms with Gasteiger partial charge in [-0.1, -0.05) is 31.5 Å². The molecule has 0 aliphatic carbocycles. The summed E-state index contributed by atoms with van der Waals surface area (Å²) in [5.41, 5.74) is 1.25. The first-order valence-electron chi connectivity index (χ1n) is 8.20. The molecule has 1 aliphatic heterocycles. The Labute approximate surface area is 143 Å². The van der Waals surface area contributed by atoms with E-state index >= 15 is 0 Å². The number of nitrogens with one attached hydrogen (secondary N) is 1. The van der Waals surface area contributed by atoms with Crippen molar-refractivity contribution in [2.75, 3.05) is 25.4 Å². The van der Waals surface area contributed by atoms with E-state index in [2.05, 4.69) is 50.4 Å². The van der Waals surface area contributed by atoms with Crippen LogP contribution in [0.2, 0.25) is 0 Å². The highest BCUT2D eigenvalue weighted by Crippen LogP contribution is 2.20. The molecule has 0 spiro atoms. The molecule has 1 fully saturated rings. The van der Waals surface area contributed by atoms with E-state index in [4.69, 9.17) is 0 Å². The van der Waals surface area contributed by atoms with Crippen molar-refractivity contribution in [3.05, 3.63) is 29.8 Å². The molecule has 1 aromatic carbocycles. The van der Waals surface area contributed by atoms with Crippen molar-refractivity contribution in [2.24, 2.45) is 11.8 Å². The zero-order chi connectivity index (χ0) is 16.8.